The summed E-state index contributed by atoms with van der Waals surface area (Å²) in [6.45, 7) is 5.90. The third kappa shape index (κ3) is 4.32. The number of aromatic nitrogens is 4. The average molecular weight is 384 g/mol. The van der Waals surface area contributed by atoms with Crippen molar-refractivity contribution in [3.8, 4) is 0 Å². The number of nitrogens with one attached hydrogen (secondary N) is 2. The molecule has 0 amide bonds. The number of halogens is 3. The Labute approximate surface area is 155 Å². The minimum atomic E-state index is -4.52. The zero-order valence-corrected chi connectivity index (χ0v) is 15.6. The molecular weight excluding hydrogens is 361 g/mol. The van der Waals surface area contributed by atoms with E-state index in [-0.39, 0.29) is 30.0 Å². The van der Waals surface area contributed by atoms with E-state index in [1.54, 1.807) is 0 Å². The van der Waals surface area contributed by atoms with Crippen molar-refractivity contribution in [3.63, 3.8) is 0 Å². The van der Waals surface area contributed by atoms with Gasteiger partial charge in [0.15, 0.2) is 0 Å². The van der Waals surface area contributed by atoms with Gasteiger partial charge in [0, 0.05) is 19.4 Å². The van der Waals surface area contributed by atoms with Crippen molar-refractivity contribution < 1.29 is 17.9 Å². The van der Waals surface area contributed by atoms with Crippen LogP contribution < -0.4 is 10.6 Å². The number of alkyl halides is 3. The second kappa shape index (κ2) is 7.34. The molecule has 27 heavy (non-hydrogen) atoms. The largest absolute Gasteiger partial charge is 0.421 e. The Morgan fingerprint density at radius 1 is 1.22 bits per heavy atom. The fraction of sp³-hybridized carbons (Fsp3) is 0.588. The van der Waals surface area contributed by atoms with Crippen LogP contribution in [-0.2, 0) is 10.9 Å². The lowest BCUT2D eigenvalue weighted by Gasteiger charge is -2.32. The molecule has 1 aliphatic heterocycles. The summed E-state index contributed by atoms with van der Waals surface area (Å²) in [5.74, 6) is -0.208. The van der Waals surface area contributed by atoms with Crippen molar-refractivity contribution in [3.05, 3.63) is 23.7 Å². The molecule has 3 rings (SSSR count). The number of hydrogen-bond acceptors (Lipinski definition) is 6. The van der Waals surface area contributed by atoms with E-state index in [2.05, 4.69) is 25.7 Å². The summed E-state index contributed by atoms with van der Waals surface area (Å²) in [5, 5.41) is 9.97. The first-order valence-corrected chi connectivity index (χ1v) is 8.77. The minimum absolute atomic E-state index is 0.0729. The third-order valence-electron chi connectivity index (χ3n) is 4.54. The van der Waals surface area contributed by atoms with Crippen LogP contribution in [0.1, 0.15) is 44.0 Å². The first-order chi connectivity index (χ1) is 12.7. The number of ether oxygens (including phenoxy) is 1. The van der Waals surface area contributed by atoms with Crippen molar-refractivity contribution >= 4 is 17.5 Å². The third-order valence-corrected chi connectivity index (χ3v) is 4.54. The zero-order valence-electron chi connectivity index (χ0n) is 15.6. The SMILES string of the molecule is CNc1nc(Nc2cn(C3CC(C)OC(C)C3)nc2C)ncc1C(F)(F)F. The molecule has 0 saturated carbocycles. The fourth-order valence-electron chi connectivity index (χ4n) is 3.34. The van der Waals surface area contributed by atoms with Crippen molar-refractivity contribution in [2.75, 3.05) is 17.7 Å². The summed E-state index contributed by atoms with van der Waals surface area (Å²) < 4.78 is 46.5. The van der Waals surface area contributed by atoms with Crippen molar-refractivity contribution in [2.24, 2.45) is 0 Å². The molecule has 0 radical (unpaired) electrons. The molecule has 2 aromatic heterocycles. The number of nitrogens with zero attached hydrogens (tertiary/aromatic N) is 4. The summed E-state index contributed by atoms with van der Waals surface area (Å²) in [7, 11) is 1.39. The van der Waals surface area contributed by atoms with Crippen LogP contribution in [0.4, 0.5) is 30.6 Å². The normalized spacial score (nSPS) is 23.3. The summed E-state index contributed by atoms with van der Waals surface area (Å²) in [6.07, 6.45) is 0.0889. The van der Waals surface area contributed by atoms with E-state index in [9.17, 15) is 13.2 Å². The molecule has 1 saturated heterocycles. The highest BCUT2D eigenvalue weighted by Crippen LogP contribution is 2.34. The Balaban J connectivity index is 1.81. The van der Waals surface area contributed by atoms with Gasteiger partial charge in [-0.05, 0) is 33.6 Å². The Hall–Kier alpha value is -2.36. The Bertz CT molecular complexity index is 796. The van der Waals surface area contributed by atoms with Crippen LogP contribution in [0.2, 0.25) is 0 Å². The fourth-order valence-corrected chi connectivity index (χ4v) is 3.34. The van der Waals surface area contributed by atoms with Crippen molar-refractivity contribution in [1.82, 2.24) is 19.7 Å². The van der Waals surface area contributed by atoms with Crippen molar-refractivity contribution in [2.45, 2.75) is 58.0 Å². The summed E-state index contributed by atoms with van der Waals surface area (Å²) in [6, 6.07) is 0.208. The number of rotatable bonds is 4. The highest BCUT2D eigenvalue weighted by molar-refractivity contribution is 5.57. The van der Waals surface area contributed by atoms with Gasteiger partial charge in [0.1, 0.15) is 11.4 Å². The van der Waals surface area contributed by atoms with Gasteiger partial charge in [-0.2, -0.15) is 23.3 Å². The molecule has 0 bridgehead atoms. The lowest BCUT2D eigenvalue weighted by Crippen LogP contribution is -2.31. The first-order valence-electron chi connectivity index (χ1n) is 8.77. The standard InChI is InChI=1S/C17H23F3N6O/c1-9-5-12(6-10(2)27-9)26-8-14(11(3)25-26)23-16-22-7-13(17(18,19)20)15(21-4)24-16/h7-10,12H,5-6H2,1-4H3,(H2,21,22,23,24). The zero-order chi connectivity index (χ0) is 19.8. The van der Waals surface area contributed by atoms with E-state index in [1.807, 2.05) is 31.6 Å². The quantitative estimate of drug-likeness (QED) is 0.832. The molecule has 2 unspecified atom stereocenters. The molecule has 0 aliphatic carbocycles. The van der Waals surface area contributed by atoms with E-state index < -0.39 is 11.7 Å². The van der Waals surface area contributed by atoms with Crippen LogP contribution in [0.15, 0.2) is 12.4 Å². The van der Waals surface area contributed by atoms with Gasteiger partial charge in [-0.25, -0.2) is 4.98 Å². The summed E-state index contributed by atoms with van der Waals surface area (Å²) in [5.41, 5.74) is 0.466. The van der Waals surface area contributed by atoms with Crippen molar-refractivity contribution in [1.29, 1.82) is 0 Å². The van der Waals surface area contributed by atoms with Crippen LogP contribution in [0.25, 0.3) is 0 Å². The Morgan fingerprint density at radius 3 is 2.48 bits per heavy atom. The van der Waals surface area contributed by atoms with Gasteiger partial charge in [-0.15, -0.1) is 0 Å². The van der Waals surface area contributed by atoms with E-state index in [4.69, 9.17) is 4.74 Å². The van der Waals surface area contributed by atoms with Gasteiger partial charge in [-0.3, -0.25) is 4.68 Å². The van der Waals surface area contributed by atoms with Crippen LogP contribution in [0.5, 0.6) is 0 Å². The molecule has 7 nitrogen and oxygen atoms in total. The topological polar surface area (TPSA) is 76.9 Å². The molecule has 1 fully saturated rings. The molecular formula is C17H23F3N6O. The van der Waals surface area contributed by atoms with E-state index in [1.165, 1.54) is 7.05 Å². The number of hydrogen-bond donors (Lipinski definition) is 2. The molecule has 3 heterocycles. The lowest BCUT2D eigenvalue weighted by molar-refractivity contribution is -0.137. The van der Waals surface area contributed by atoms with Gasteiger partial charge in [0.25, 0.3) is 0 Å². The molecule has 0 aromatic carbocycles. The maximum Gasteiger partial charge on any atom is 0.421 e. The minimum Gasteiger partial charge on any atom is -0.375 e. The molecule has 10 heteroatoms. The molecule has 1 aliphatic rings. The van der Waals surface area contributed by atoms with Gasteiger partial charge in [0.2, 0.25) is 5.95 Å². The molecule has 2 N–H and O–H groups in total. The summed E-state index contributed by atoms with van der Waals surface area (Å²) in [4.78, 5) is 7.73. The molecule has 148 valence electrons. The molecule has 0 spiro atoms. The van der Waals surface area contributed by atoms with E-state index >= 15 is 0 Å². The lowest BCUT2D eigenvalue weighted by atomic mass is 10.0. The maximum atomic E-state index is 13.0. The second-order valence-electron chi connectivity index (χ2n) is 6.82. The van der Waals surface area contributed by atoms with Gasteiger partial charge in [-0.1, -0.05) is 0 Å². The molecule has 2 aromatic rings. The highest BCUT2D eigenvalue weighted by atomic mass is 19.4. The maximum absolute atomic E-state index is 13.0. The number of anilines is 3. The monoisotopic (exact) mass is 384 g/mol. The van der Waals surface area contributed by atoms with E-state index in [0.29, 0.717) is 5.69 Å². The van der Waals surface area contributed by atoms with Gasteiger partial charge < -0.3 is 15.4 Å². The first kappa shape index (κ1) is 19.4. The van der Waals surface area contributed by atoms with Crippen LogP contribution in [0.3, 0.4) is 0 Å². The second-order valence-corrected chi connectivity index (χ2v) is 6.82. The predicted octanol–water partition coefficient (Wildman–Crippen LogP) is 3.91. The highest BCUT2D eigenvalue weighted by Gasteiger charge is 2.35. The number of aryl methyl sites for hydroxylation is 1. The Kier molecular flexibility index (Phi) is 5.27. The Morgan fingerprint density at radius 2 is 1.89 bits per heavy atom. The predicted molar refractivity (Wildman–Crippen MR) is 95.1 cm³/mol. The average Bonchev–Trinajstić information content (AvgIpc) is 2.93. The van der Waals surface area contributed by atoms with Crippen LogP contribution >= 0.6 is 0 Å². The molecule has 2 atom stereocenters. The van der Waals surface area contributed by atoms with Gasteiger partial charge in [0.05, 0.1) is 29.6 Å². The van der Waals surface area contributed by atoms with E-state index in [0.717, 1.165) is 24.7 Å². The van der Waals surface area contributed by atoms with Crippen LogP contribution in [0, 0.1) is 6.92 Å². The smallest absolute Gasteiger partial charge is 0.375 e. The summed E-state index contributed by atoms with van der Waals surface area (Å²) >= 11 is 0. The van der Waals surface area contributed by atoms with Crippen LogP contribution in [-0.4, -0.2) is 39.0 Å². The van der Waals surface area contributed by atoms with Gasteiger partial charge >= 0.3 is 6.18 Å².